The summed E-state index contributed by atoms with van der Waals surface area (Å²) in [7, 11) is 0. The Hall–Kier alpha value is -1.39. The van der Waals surface area contributed by atoms with Crippen molar-refractivity contribution in [2.24, 2.45) is 0 Å². The van der Waals surface area contributed by atoms with Gasteiger partial charge in [0.25, 0.3) is 5.91 Å². The summed E-state index contributed by atoms with van der Waals surface area (Å²) in [5, 5.41) is 2.89. The van der Waals surface area contributed by atoms with E-state index < -0.39 is 0 Å². The van der Waals surface area contributed by atoms with Crippen LogP contribution in [-0.2, 0) is 9.47 Å². The second kappa shape index (κ2) is 7.13. The number of ether oxygens (including phenoxy) is 2. The zero-order valence-electron chi connectivity index (χ0n) is 10.4. The van der Waals surface area contributed by atoms with Gasteiger partial charge in [0.05, 0.1) is 13.2 Å². The van der Waals surface area contributed by atoms with Gasteiger partial charge >= 0.3 is 0 Å². The van der Waals surface area contributed by atoms with Crippen LogP contribution in [0, 0.1) is 0 Å². The highest BCUT2D eigenvalue weighted by Crippen LogP contribution is 2.09. The Bertz CT molecular complexity index is 361. The summed E-state index contributed by atoms with van der Waals surface area (Å²) in [6.45, 7) is 2.21. The fourth-order valence-electron chi connectivity index (χ4n) is 1.87. The molecule has 0 saturated carbocycles. The lowest BCUT2D eigenvalue weighted by Crippen LogP contribution is -2.28. The van der Waals surface area contributed by atoms with Crippen LogP contribution in [0.5, 0.6) is 0 Å². The predicted molar refractivity (Wildman–Crippen MR) is 68.3 cm³/mol. The molecule has 0 atom stereocenters. The van der Waals surface area contributed by atoms with E-state index in [1.807, 2.05) is 30.3 Å². The third-order valence-electron chi connectivity index (χ3n) is 2.83. The molecule has 1 heterocycles. The molecule has 4 nitrogen and oxygen atoms in total. The van der Waals surface area contributed by atoms with Crippen LogP contribution in [0.3, 0.4) is 0 Å². The number of hydrogen-bond acceptors (Lipinski definition) is 3. The van der Waals surface area contributed by atoms with Gasteiger partial charge < -0.3 is 14.8 Å². The zero-order chi connectivity index (χ0) is 12.6. The first-order valence-electron chi connectivity index (χ1n) is 6.43. The van der Waals surface area contributed by atoms with Gasteiger partial charge in [0.15, 0.2) is 6.29 Å². The van der Waals surface area contributed by atoms with Crippen LogP contribution in [0.1, 0.15) is 29.6 Å². The summed E-state index contributed by atoms with van der Waals surface area (Å²) < 4.78 is 10.9. The Morgan fingerprint density at radius 3 is 2.67 bits per heavy atom. The smallest absolute Gasteiger partial charge is 0.251 e. The van der Waals surface area contributed by atoms with Crippen LogP contribution in [0.2, 0.25) is 0 Å². The number of carbonyl (C=O) groups excluding carboxylic acids is 1. The molecule has 1 saturated heterocycles. The summed E-state index contributed by atoms with van der Waals surface area (Å²) in [6, 6.07) is 9.23. The highest BCUT2D eigenvalue weighted by Gasteiger charge is 2.13. The number of rotatable bonds is 5. The number of nitrogens with one attached hydrogen (secondary N) is 1. The molecule has 1 aromatic carbocycles. The van der Waals surface area contributed by atoms with Crippen molar-refractivity contribution in [2.45, 2.75) is 25.6 Å². The lowest BCUT2D eigenvalue weighted by Gasteiger charge is -2.23. The first kappa shape index (κ1) is 13.1. The molecule has 0 aromatic heterocycles. The zero-order valence-corrected chi connectivity index (χ0v) is 10.4. The van der Waals surface area contributed by atoms with Gasteiger partial charge in [0, 0.05) is 18.5 Å². The molecule has 1 aliphatic rings. The second-order valence-corrected chi connectivity index (χ2v) is 4.29. The molecule has 1 aliphatic heterocycles. The Morgan fingerprint density at radius 2 is 1.94 bits per heavy atom. The van der Waals surface area contributed by atoms with E-state index in [1.54, 1.807) is 0 Å². The summed E-state index contributed by atoms with van der Waals surface area (Å²) in [5.74, 6) is -0.0268. The third kappa shape index (κ3) is 4.13. The van der Waals surface area contributed by atoms with Crippen molar-refractivity contribution >= 4 is 5.91 Å². The number of benzene rings is 1. The minimum absolute atomic E-state index is 0.0268. The van der Waals surface area contributed by atoms with Gasteiger partial charge in [-0.1, -0.05) is 18.2 Å². The number of carbonyl (C=O) groups is 1. The number of amides is 1. The topological polar surface area (TPSA) is 47.6 Å². The average Bonchev–Trinajstić information content (AvgIpc) is 2.45. The SMILES string of the molecule is O=C(NCCCC1OCCCO1)c1ccccc1. The Morgan fingerprint density at radius 1 is 1.22 bits per heavy atom. The standard InChI is InChI=1S/C14H19NO3/c16-14(12-6-2-1-3-7-12)15-9-4-8-13-17-10-5-11-18-13/h1-3,6-7,13H,4-5,8-11H2,(H,15,16). The van der Waals surface area contributed by atoms with Crippen molar-refractivity contribution < 1.29 is 14.3 Å². The van der Waals surface area contributed by atoms with Gasteiger partial charge in [-0.05, 0) is 25.0 Å². The van der Waals surface area contributed by atoms with E-state index in [-0.39, 0.29) is 12.2 Å². The summed E-state index contributed by atoms with van der Waals surface area (Å²) >= 11 is 0. The molecular formula is C14H19NO3. The van der Waals surface area contributed by atoms with Crippen molar-refractivity contribution in [1.29, 1.82) is 0 Å². The molecule has 0 spiro atoms. The van der Waals surface area contributed by atoms with Crippen molar-refractivity contribution in [3.8, 4) is 0 Å². The lowest BCUT2D eigenvalue weighted by molar-refractivity contribution is -0.181. The van der Waals surface area contributed by atoms with E-state index in [4.69, 9.17) is 9.47 Å². The highest BCUT2D eigenvalue weighted by molar-refractivity contribution is 5.94. The highest BCUT2D eigenvalue weighted by atomic mass is 16.7. The first-order chi connectivity index (χ1) is 8.86. The van der Waals surface area contributed by atoms with Crippen LogP contribution < -0.4 is 5.32 Å². The minimum atomic E-state index is -0.0904. The minimum Gasteiger partial charge on any atom is -0.353 e. The summed E-state index contributed by atoms with van der Waals surface area (Å²) in [6.07, 6.45) is 2.58. The normalized spacial score (nSPS) is 16.4. The van der Waals surface area contributed by atoms with Crippen LogP contribution >= 0.6 is 0 Å². The van der Waals surface area contributed by atoms with Gasteiger partial charge in [0.1, 0.15) is 0 Å². The molecule has 0 unspecified atom stereocenters. The van der Waals surface area contributed by atoms with Gasteiger partial charge in [-0.15, -0.1) is 0 Å². The molecule has 1 aromatic rings. The summed E-state index contributed by atoms with van der Waals surface area (Å²) in [5.41, 5.74) is 0.697. The average molecular weight is 249 g/mol. The molecule has 0 radical (unpaired) electrons. The quantitative estimate of drug-likeness (QED) is 0.811. The largest absolute Gasteiger partial charge is 0.353 e. The Kier molecular flexibility index (Phi) is 5.17. The fraction of sp³-hybridized carbons (Fsp3) is 0.500. The maximum Gasteiger partial charge on any atom is 0.251 e. The summed E-state index contributed by atoms with van der Waals surface area (Å²) in [4.78, 5) is 11.7. The third-order valence-corrected chi connectivity index (χ3v) is 2.83. The Labute approximate surface area is 107 Å². The molecule has 4 heteroatoms. The molecule has 0 bridgehead atoms. The van der Waals surface area contributed by atoms with Crippen LogP contribution in [0.4, 0.5) is 0 Å². The van der Waals surface area contributed by atoms with E-state index in [2.05, 4.69) is 5.32 Å². The van der Waals surface area contributed by atoms with Crippen molar-refractivity contribution in [3.05, 3.63) is 35.9 Å². The maximum absolute atomic E-state index is 11.7. The van der Waals surface area contributed by atoms with Crippen LogP contribution in [0.15, 0.2) is 30.3 Å². The van der Waals surface area contributed by atoms with E-state index in [0.717, 1.165) is 32.5 Å². The molecule has 1 N–H and O–H groups in total. The predicted octanol–water partition coefficient (Wildman–Crippen LogP) is 1.96. The molecule has 98 valence electrons. The van der Waals surface area contributed by atoms with Crippen molar-refractivity contribution in [1.82, 2.24) is 5.32 Å². The van der Waals surface area contributed by atoms with E-state index in [9.17, 15) is 4.79 Å². The number of hydrogen-bond donors (Lipinski definition) is 1. The van der Waals surface area contributed by atoms with E-state index >= 15 is 0 Å². The molecule has 2 rings (SSSR count). The fourth-order valence-corrected chi connectivity index (χ4v) is 1.87. The van der Waals surface area contributed by atoms with Gasteiger partial charge in [0.2, 0.25) is 0 Å². The molecule has 0 aliphatic carbocycles. The van der Waals surface area contributed by atoms with Crippen molar-refractivity contribution in [2.75, 3.05) is 19.8 Å². The second-order valence-electron chi connectivity index (χ2n) is 4.29. The Balaban J connectivity index is 1.62. The first-order valence-corrected chi connectivity index (χ1v) is 6.43. The van der Waals surface area contributed by atoms with Crippen molar-refractivity contribution in [3.63, 3.8) is 0 Å². The lowest BCUT2D eigenvalue weighted by atomic mass is 10.2. The van der Waals surface area contributed by atoms with Gasteiger partial charge in [-0.2, -0.15) is 0 Å². The van der Waals surface area contributed by atoms with Crippen LogP contribution in [0.25, 0.3) is 0 Å². The maximum atomic E-state index is 11.7. The van der Waals surface area contributed by atoms with Gasteiger partial charge in [-0.25, -0.2) is 0 Å². The molecule has 1 amide bonds. The van der Waals surface area contributed by atoms with Gasteiger partial charge in [-0.3, -0.25) is 4.79 Å². The molecule has 1 fully saturated rings. The van der Waals surface area contributed by atoms with E-state index in [1.165, 1.54) is 0 Å². The van der Waals surface area contributed by atoms with Crippen LogP contribution in [-0.4, -0.2) is 32.0 Å². The van der Waals surface area contributed by atoms with E-state index in [0.29, 0.717) is 12.1 Å². The molecular weight excluding hydrogens is 230 g/mol. The monoisotopic (exact) mass is 249 g/mol. The molecule has 18 heavy (non-hydrogen) atoms.